The zero-order valence-electron chi connectivity index (χ0n) is 11.4. The van der Waals surface area contributed by atoms with Crippen molar-refractivity contribution in [2.45, 2.75) is 38.6 Å². The highest BCUT2D eigenvalue weighted by molar-refractivity contribution is 6.16. The highest BCUT2D eigenvalue weighted by atomic mass is 35.5. The van der Waals surface area contributed by atoms with Crippen LogP contribution in [-0.2, 0) is 16.2 Å². The summed E-state index contributed by atoms with van der Waals surface area (Å²) >= 11 is 6.00. The highest BCUT2D eigenvalue weighted by Crippen LogP contribution is 2.30. The van der Waals surface area contributed by atoms with Crippen molar-refractivity contribution < 1.29 is 4.79 Å². The van der Waals surface area contributed by atoms with Gasteiger partial charge in [0.25, 0.3) is 0 Å². The minimum atomic E-state index is -0.448. The van der Waals surface area contributed by atoms with Crippen molar-refractivity contribution in [2.24, 2.45) is 5.73 Å². The molecule has 0 unspecified atom stereocenters. The Morgan fingerprint density at radius 1 is 1.47 bits per heavy atom. The van der Waals surface area contributed by atoms with Gasteiger partial charge in [0.2, 0.25) is 5.91 Å². The van der Waals surface area contributed by atoms with E-state index in [1.165, 1.54) is 0 Å². The molecule has 4 nitrogen and oxygen atoms in total. The number of aromatic nitrogens is 2. The van der Waals surface area contributed by atoms with Gasteiger partial charge in [0, 0.05) is 12.0 Å². The van der Waals surface area contributed by atoms with E-state index in [9.17, 15) is 4.79 Å². The Hall–Kier alpha value is -1.55. The molecule has 1 amide bonds. The number of alkyl halides is 1. The molecule has 0 aliphatic rings. The second-order valence-electron chi connectivity index (χ2n) is 5.40. The monoisotopic (exact) mass is 279 g/mol. The molecule has 0 aliphatic heterocycles. The fourth-order valence-corrected chi connectivity index (χ4v) is 2.77. The number of halogens is 1. The second kappa shape index (κ2) is 4.85. The number of para-hydroxylation sites is 1. The molecule has 0 saturated heterocycles. The number of fused-ring (bicyclic) bond motifs is 1. The molecule has 1 aromatic carbocycles. The molecule has 2 N–H and O–H groups in total. The number of amides is 1. The Bertz CT molecular complexity index is 631. The average molecular weight is 280 g/mol. The number of hydrogen-bond donors (Lipinski definition) is 1. The van der Waals surface area contributed by atoms with E-state index in [0.29, 0.717) is 5.88 Å². The van der Waals surface area contributed by atoms with Crippen LogP contribution in [0.3, 0.4) is 0 Å². The van der Waals surface area contributed by atoms with Crippen molar-refractivity contribution in [3.63, 3.8) is 0 Å². The van der Waals surface area contributed by atoms with Crippen LogP contribution in [0.15, 0.2) is 18.2 Å². The van der Waals surface area contributed by atoms with Gasteiger partial charge in [0.1, 0.15) is 5.82 Å². The van der Waals surface area contributed by atoms with Crippen LogP contribution in [0.25, 0.3) is 11.0 Å². The van der Waals surface area contributed by atoms with Crippen molar-refractivity contribution in [3.8, 4) is 0 Å². The lowest BCUT2D eigenvalue weighted by Crippen LogP contribution is -2.33. The maximum absolute atomic E-state index is 11.3. The first-order valence-corrected chi connectivity index (χ1v) is 6.72. The van der Waals surface area contributed by atoms with E-state index >= 15 is 0 Å². The van der Waals surface area contributed by atoms with E-state index in [-0.39, 0.29) is 12.3 Å². The minimum absolute atomic E-state index is 0.247. The fraction of sp³-hybridized carbons (Fsp3) is 0.429. The fourth-order valence-electron chi connectivity index (χ4n) is 2.59. The molecule has 102 valence electrons. The van der Waals surface area contributed by atoms with Gasteiger partial charge in [-0.1, -0.05) is 12.1 Å². The van der Waals surface area contributed by atoms with Crippen LogP contribution in [-0.4, -0.2) is 15.5 Å². The predicted octanol–water partition coefficient (Wildman–Crippen LogP) is 2.69. The third-order valence-corrected chi connectivity index (χ3v) is 3.52. The second-order valence-corrected chi connectivity index (χ2v) is 5.66. The Kier molecular flexibility index (Phi) is 3.54. The SMILES string of the molecule is Cc1cccc2nc(CCl)n(C(C)(C)CC(N)=O)c12. The Balaban J connectivity index is 2.73. The van der Waals surface area contributed by atoms with E-state index in [0.717, 1.165) is 22.4 Å². The molecule has 0 aliphatic carbocycles. The molecule has 0 bridgehead atoms. The van der Waals surface area contributed by atoms with Crippen molar-refractivity contribution in [1.82, 2.24) is 9.55 Å². The highest BCUT2D eigenvalue weighted by Gasteiger charge is 2.28. The molecule has 1 heterocycles. The number of imidazole rings is 1. The maximum atomic E-state index is 11.3. The van der Waals surface area contributed by atoms with Gasteiger partial charge in [-0.2, -0.15) is 0 Å². The third kappa shape index (κ3) is 2.45. The molecule has 2 rings (SSSR count). The van der Waals surface area contributed by atoms with Crippen LogP contribution in [0.2, 0.25) is 0 Å². The standard InChI is InChI=1S/C14H18ClN3O/c1-9-5-4-6-10-13(9)18(12(8-15)17-10)14(2,3)7-11(16)19/h4-6H,7-8H2,1-3H3,(H2,16,19). The largest absolute Gasteiger partial charge is 0.370 e. The minimum Gasteiger partial charge on any atom is -0.370 e. The molecule has 0 atom stereocenters. The average Bonchev–Trinajstić information content (AvgIpc) is 2.68. The number of primary amides is 1. The summed E-state index contributed by atoms with van der Waals surface area (Å²) in [7, 11) is 0. The van der Waals surface area contributed by atoms with E-state index < -0.39 is 5.54 Å². The molecular weight excluding hydrogens is 262 g/mol. The smallest absolute Gasteiger partial charge is 0.219 e. The number of aryl methyl sites for hydroxylation is 1. The van der Waals surface area contributed by atoms with Gasteiger partial charge in [-0.15, -0.1) is 11.6 Å². The van der Waals surface area contributed by atoms with Crippen LogP contribution in [0.5, 0.6) is 0 Å². The molecule has 19 heavy (non-hydrogen) atoms. The van der Waals surface area contributed by atoms with E-state index in [1.54, 1.807) is 0 Å². The number of carbonyl (C=O) groups excluding carboxylic acids is 1. The van der Waals surface area contributed by atoms with Gasteiger partial charge >= 0.3 is 0 Å². The van der Waals surface area contributed by atoms with Crippen LogP contribution < -0.4 is 5.73 Å². The summed E-state index contributed by atoms with van der Waals surface area (Å²) in [5, 5.41) is 0. The van der Waals surface area contributed by atoms with E-state index in [1.807, 2.05) is 43.5 Å². The van der Waals surface area contributed by atoms with Gasteiger partial charge in [0.15, 0.2) is 0 Å². The number of benzene rings is 1. The summed E-state index contributed by atoms with van der Waals surface area (Å²) in [4.78, 5) is 15.8. The van der Waals surface area contributed by atoms with Gasteiger partial charge in [-0.05, 0) is 32.4 Å². The van der Waals surface area contributed by atoms with Crippen molar-refractivity contribution in [1.29, 1.82) is 0 Å². The van der Waals surface area contributed by atoms with Gasteiger partial charge in [0.05, 0.1) is 16.9 Å². The maximum Gasteiger partial charge on any atom is 0.219 e. The predicted molar refractivity (Wildman–Crippen MR) is 77.2 cm³/mol. The Morgan fingerprint density at radius 3 is 2.74 bits per heavy atom. The van der Waals surface area contributed by atoms with Crippen LogP contribution in [0, 0.1) is 6.92 Å². The molecule has 1 aromatic heterocycles. The van der Waals surface area contributed by atoms with E-state index in [4.69, 9.17) is 17.3 Å². The lowest BCUT2D eigenvalue weighted by molar-refractivity contribution is -0.119. The molecule has 0 radical (unpaired) electrons. The summed E-state index contributed by atoms with van der Waals surface area (Å²) in [6.07, 6.45) is 0.247. The quantitative estimate of drug-likeness (QED) is 0.875. The number of hydrogen-bond acceptors (Lipinski definition) is 2. The van der Waals surface area contributed by atoms with Gasteiger partial charge in [-0.25, -0.2) is 4.98 Å². The lowest BCUT2D eigenvalue weighted by atomic mass is 9.98. The Morgan fingerprint density at radius 2 is 2.16 bits per heavy atom. The number of nitrogens with zero attached hydrogens (tertiary/aromatic N) is 2. The van der Waals surface area contributed by atoms with Crippen LogP contribution >= 0.6 is 11.6 Å². The molecule has 0 fully saturated rings. The normalized spacial score (nSPS) is 12.0. The number of carbonyl (C=O) groups is 1. The van der Waals surface area contributed by atoms with E-state index in [2.05, 4.69) is 4.98 Å². The molecule has 0 spiro atoms. The zero-order valence-corrected chi connectivity index (χ0v) is 12.2. The van der Waals surface area contributed by atoms with Crippen molar-refractivity contribution in [3.05, 3.63) is 29.6 Å². The molecular formula is C14H18ClN3O. The van der Waals surface area contributed by atoms with Crippen LogP contribution in [0.1, 0.15) is 31.7 Å². The topological polar surface area (TPSA) is 60.9 Å². The van der Waals surface area contributed by atoms with Gasteiger partial charge < -0.3 is 10.3 Å². The van der Waals surface area contributed by atoms with Gasteiger partial charge in [-0.3, -0.25) is 4.79 Å². The Labute approximate surface area is 117 Å². The van der Waals surface area contributed by atoms with Crippen molar-refractivity contribution in [2.75, 3.05) is 0 Å². The van der Waals surface area contributed by atoms with Crippen molar-refractivity contribution >= 4 is 28.5 Å². The summed E-state index contributed by atoms with van der Waals surface area (Å²) in [5.41, 5.74) is 7.93. The van der Waals surface area contributed by atoms with Crippen LogP contribution in [0.4, 0.5) is 0 Å². The summed E-state index contributed by atoms with van der Waals surface area (Å²) in [5.74, 6) is 0.731. The third-order valence-electron chi connectivity index (χ3n) is 3.28. The first-order valence-electron chi connectivity index (χ1n) is 6.18. The molecule has 0 saturated carbocycles. The summed E-state index contributed by atoms with van der Waals surface area (Å²) < 4.78 is 2.04. The first-order chi connectivity index (χ1) is 8.86. The first kappa shape index (κ1) is 13.9. The number of rotatable bonds is 4. The zero-order chi connectivity index (χ0) is 14.2. The number of nitrogens with two attached hydrogens (primary N) is 1. The summed E-state index contributed by atoms with van der Waals surface area (Å²) in [6, 6.07) is 5.95. The lowest BCUT2D eigenvalue weighted by Gasteiger charge is -2.28. The molecule has 2 aromatic rings. The summed E-state index contributed by atoms with van der Waals surface area (Å²) in [6.45, 7) is 5.97. The molecule has 5 heteroatoms.